The smallest absolute Gasteiger partial charge is 0.225 e. The van der Waals surface area contributed by atoms with E-state index < -0.39 is 17.7 Å². The van der Waals surface area contributed by atoms with Gasteiger partial charge in [0, 0.05) is 44.3 Å². The average Bonchev–Trinajstić information content (AvgIpc) is 3.38. The standard InChI is InChI=1S/C30H50N4O9/c1-6-25(23(3)35)18-28(37)21-34(22-29(38)19-26(7-2)24(4)36)30(39)9-11-41-13-15-43-17-16-42-14-12-40-10-8-27-20-33(5)32-31-27/h20,25-26H,6-19,21-22H2,1-5H3. The molecule has 0 aromatic carbocycles. The first-order valence-electron chi connectivity index (χ1n) is 15.0. The molecule has 0 saturated heterocycles. The van der Waals surface area contributed by atoms with E-state index in [1.54, 1.807) is 4.68 Å². The highest BCUT2D eigenvalue weighted by Gasteiger charge is 2.25. The second-order valence-electron chi connectivity index (χ2n) is 10.5. The molecule has 13 heteroatoms. The molecule has 1 aromatic heterocycles. The van der Waals surface area contributed by atoms with Crippen LogP contribution in [-0.2, 0) is 56.4 Å². The molecule has 1 aromatic rings. The van der Waals surface area contributed by atoms with Crippen LogP contribution in [0.3, 0.4) is 0 Å². The third-order valence-corrected chi connectivity index (χ3v) is 6.90. The van der Waals surface area contributed by atoms with E-state index in [2.05, 4.69) is 10.3 Å². The van der Waals surface area contributed by atoms with E-state index in [1.165, 1.54) is 18.7 Å². The van der Waals surface area contributed by atoms with Gasteiger partial charge in [0.05, 0.1) is 78.1 Å². The maximum Gasteiger partial charge on any atom is 0.225 e. The van der Waals surface area contributed by atoms with Gasteiger partial charge in [-0.3, -0.25) is 28.7 Å². The Morgan fingerprint density at radius 2 is 1.19 bits per heavy atom. The maximum absolute atomic E-state index is 12.9. The zero-order valence-electron chi connectivity index (χ0n) is 26.5. The van der Waals surface area contributed by atoms with Crippen LogP contribution in [0, 0.1) is 11.8 Å². The fraction of sp³-hybridized carbons (Fsp3) is 0.767. The van der Waals surface area contributed by atoms with Crippen LogP contribution in [0.15, 0.2) is 6.20 Å². The summed E-state index contributed by atoms with van der Waals surface area (Å²) >= 11 is 0. The number of aromatic nitrogens is 3. The van der Waals surface area contributed by atoms with Crippen LogP contribution in [0.2, 0.25) is 0 Å². The lowest BCUT2D eigenvalue weighted by molar-refractivity contribution is -0.140. The van der Waals surface area contributed by atoms with Gasteiger partial charge in [-0.05, 0) is 26.7 Å². The lowest BCUT2D eigenvalue weighted by Gasteiger charge is -2.23. The number of amides is 1. The molecule has 0 fully saturated rings. The van der Waals surface area contributed by atoms with Gasteiger partial charge in [-0.1, -0.05) is 19.1 Å². The van der Waals surface area contributed by atoms with Gasteiger partial charge in [0.25, 0.3) is 0 Å². The number of ether oxygens (including phenoxy) is 4. The number of nitrogens with zero attached hydrogens (tertiary/aromatic N) is 4. The lowest BCUT2D eigenvalue weighted by Crippen LogP contribution is -2.41. The van der Waals surface area contributed by atoms with Crippen LogP contribution in [0.5, 0.6) is 0 Å². The van der Waals surface area contributed by atoms with Gasteiger partial charge in [-0.25, -0.2) is 0 Å². The molecule has 1 heterocycles. The number of Topliss-reactive ketones (excluding diaryl/α,β-unsaturated/α-hetero) is 4. The van der Waals surface area contributed by atoms with Gasteiger partial charge in [0.2, 0.25) is 5.91 Å². The highest BCUT2D eigenvalue weighted by Crippen LogP contribution is 2.13. The monoisotopic (exact) mass is 610 g/mol. The molecule has 13 nitrogen and oxygen atoms in total. The minimum Gasteiger partial charge on any atom is -0.379 e. The largest absolute Gasteiger partial charge is 0.379 e. The first-order valence-corrected chi connectivity index (χ1v) is 15.0. The first-order chi connectivity index (χ1) is 20.6. The van der Waals surface area contributed by atoms with Gasteiger partial charge < -0.3 is 23.8 Å². The molecule has 1 amide bonds. The van der Waals surface area contributed by atoms with Crippen molar-refractivity contribution in [2.75, 3.05) is 65.9 Å². The van der Waals surface area contributed by atoms with Crippen molar-refractivity contribution in [2.24, 2.45) is 18.9 Å². The summed E-state index contributed by atoms with van der Waals surface area (Å²) in [4.78, 5) is 63.0. The molecule has 0 saturated carbocycles. The summed E-state index contributed by atoms with van der Waals surface area (Å²) in [5.74, 6) is -1.96. The Morgan fingerprint density at radius 3 is 1.58 bits per heavy atom. The zero-order chi connectivity index (χ0) is 32.0. The lowest BCUT2D eigenvalue weighted by atomic mass is 9.94. The predicted octanol–water partition coefficient (Wildman–Crippen LogP) is 1.79. The highest BCUT2D eigenvalue weighted by molar-refractivity contribution is 5.93. The minimum atomic E-state index is -0.412. The highest BCUT2D eigenvalue weighted by atomic mass is 16.6. The van der Waals surface area contributed by atoms with Crippen molar-refractivity contribution in [3.8, 4) is 0 Å². The summed E-state index contributed by atoms with van der Waals surface area (Å²) in [5, 5.41) is 7.86. The number of aryl methyl sites for hydroxylation is 1. The Bertz CT molecular complexity index is 960. The van der Waals surface area contributed by atoms with E-state index in [9.17, 15) is 24.0 Å². The Balaban J connectivity index is 2.29. The van der Waals surface area contributed by atoms with E-state index >= 15 is 0 Å². The van der Waals surface area contributed by atoms with Crippen LogP contribution in [-0.4, -0.2) is 115 Å². The van der Waals surface area contributed by atoms with Crippen LogP contribution in [0.1, 0.15) is 65.5 Å². The van der Waals surface area contributed by atoms with Gasteiger partial charge >= 0.3 is 0 Å². The Labute approximate surface area is 254 Å². The maximum atomic E-state index is 12.9. The number of hydrogen-bond donors (Lipinski definition) is 0. The summed E-state index contributed by atoms with van der Waals surface area (Å²) < 4.78 is 23.6. The van der Waals surface area contributed by atoms with Crippen LogP contribution < -0.4 is 0 Å². The number of rotatable bonds is 27. The van der Waals surface area contributed by atoms with E-state index in [-0.39, 0.29) is 68.7 Å². The third-order valence-electron chi connectivity index (χ3n) is 6.90. The van der Waals surface area contributed by atoms with Crippen molar-refractivity contribution in [3.63, 3.8) is 0 Å². The molecule has 0 aliphatic carbocycles. The summed E-state index contributed by atoms with van der Waals surface area (Å²) in [6.45, 7) is 8.95. The summed E-state index contributed by atoms with van der Waals surface area (Å²) in [7, 11) is 1.82. The van der Waals surface area contributed by atoms with Gasteiger partial charge in [-0.15, -0.1) is 5.10 Å². The molecule has 2 unspecified atom stereocenters. The fourth-order valence-corrected chi connectivity index (χ4v) is 4.25. The Morgan fingerprint density at radius 1 is 0.744 bits per heavy atom. The number of ketones is 4. The Hall–Kier alpha value is -2.87. The molecule has 0 radical (unpaired) electrons. The minimum absolute atomic E-state index is 0.0172. The molecule has 1 rings (SSSR count). The van der Waals surface area contributed by atoms with Crippen molar-refractivity contribution in [3.05, 3.63) is 11.9 Å². The van der Waals surface area contributed by atoms with Crippen molar-refractivity contribution in [2.45, 2.75) is 66.2 Å². The molecular weight excluding hydrogens is 560 g/mol. The van der Waals surface area contributed by atoms with Crippen molar-refractivity contribution < 1.29 is 42.9 Å². The van der Waals surface area contributed by atoms with Crippen LogP contribution in [0.25, 0.3) is 0 Å². The molecule has 244 valence electrons. The Kier molecular flexibility index (Phi) is 20.1. The van der Waals surface area contributed by atoms with Crippen LogP contribution in [0.4, 0.5) is 0 Å². The topological polar surface area (TPSA) is 156 Å². The summed E-state index contributed by atoms with van der Waals surface area (Å²) in [5.41, 5.74) is 0.878. The second-order valence-corrected chi connectivity index (χ2v) is 10.5. The molecule has 43 heavy (non-hydrogen) atoms. The normalized spacial score (nSPS) is 12.6. The molecule has 0 spiro atoms. The van der Waals surface area contributed by atoms with E-state index in [4.69, 9.17) is 18.9 Å². The number of carbonyl (C=O) groups is 5. The van der Waals surface area contributed by atoms with Gasteiger partial charge in [0.1, 0.15) is 11.6 Å². The zero-order valence-corrected chi connectivity index (χ0v) is 26.5. The van der Waals surface area contributed by atoms with Crippen molar-refractivity contribution in [1.82, 2.24) is 19.9 Å². The SMILES string of the molecule is CCC(CC(=O)CN(CC(=O)CC(CC)C(C)=O)C(=O)CCOCCOCCOCCOCCc1cn(C)nn1)C(C)=O. The first kappa shape index (κ1) is 38.2. The number of carbonyl (C=O) groups excluding carboxylic acids is 5. The van der Waals surface area contributed by atoms with Crippen molar-refractivity contribution in [1.29, 1.82) is 0 Å². The molecular formula is C30H50N4O9. The number of hydrogen-bond acceptors (Lipinski definition) is 11. The third kappa shape index (κ3) is 17.7. The quantitative estimate of drug-likeness (QED) is 0.134. The van der Waals surface area contributed by atoms with E-state index in [1.807, 2.05) is 27.1 Å². The summed E-state index contributed by atoms with van der Waals surface area (Å²) in [6.07, 6.45) is 3.60. The molecule has 2 atom stereocenters. The van der Waals surface area contributed by atoms with Crippen LogP contribution >= 0.6 is 0 Å². The van der Waals surface area contributed by atoms with Gasteiger partial charge in [0.15, 0.2) is 11.6 Å². The second kappa shape index (κ2) is 22.6. The molecule has 0 bridgehead atoms. The van der Waals surface area contributed by atoms with Crippen molar-refractivity contribution >= 4 is 29.0 Å². The fourth-order valence-electron chi connectivity index (χ4n) is 4.25. The summed E-state index contributed by atoms with van der Waals surface area (Å²) in [6, 6.07) is 0. The average molecular weight is 611 g/mol. The predicted molar refractivity (Wildman–Crippen MR) is 157 cm³/mol. The van der Waals surface area contributed by atoms with E-state index in [0.29, 0.717) is 58.9 Å². The van der Waals surface area contributed by atoms with Gasteiger partial charge in [-0.2, -0.15) is 0 Å². The molecule has 0 aliphatic rings. The molecule has 0 N–H and O–H groups in total. The van der Waals surface area contributed by atoms with E-state index in [0.717, 1.165) is 5.69 Å². The molecule has 0 aliphatic heterocycles.